The molecule has 14 heavy (non-hydrogen) atoms. The van der Waals surface area contributed by atoms with Gasteiger partial charge in [0.15, 0.2) is 6.29 Å². The van der Waals surface area contributed by atoms with E-state index in [1.165, 1.54) is 19.2 Å². The Labute approximate surface area is 81.0 Å². The molecule has 4 nitrogen and oxygen atoms in total. The highest BCUT2D eigenvalue weighted by Gasteiger charge is 2.09. The molecule has 72 valence electrons. The molecular formula is C10H9NO3. The minimum absolute atomic E-state index is 0.189. The topological polar surface area (TPSA) is 67.2 Å². The quantitative estimate of drug-likeness (QED) is 0.443. The van der Waals surface area contributed by atoms with Crippen LogP contribution in [0.15, 0.2) is 18.2 Å². The first kappa shape index (κ1) is 10.1. The maximum Gasteiger partial charge on any atom is 0.204 e. The first-order valence-corrected chi connectivity index (χ1v) is 3.91. The van der Waals surface area contributed by atoms with Gasteiger partial charge < -0.3 is 10.1 Å². The van der Waals surface area contributed by atoms with Crippen LogP contribution in [0, 0.1) is 5.41 Å². The third-order valence-electron chi connectivity index (χ3n) is 1.78. The van der Waals surface area contributed by atoms with Crippen molar-refractivity contribution in [2.45, 2.75) is 0 Å². The molecule has 0 aliphatic rings. The van der Waals surface area contributed by atoms with Crippen molar-refractivity contribution in [2.24, 2.45) is 0 Å². The molecule has 0 aliphatic carbocycles. The van der Waals surface area contributed by atoms with Crippen molar-refractivity contribution in [3.63, 3.8) is 0 Å². The van der Waals surface area contributed by atoms with Gasteiger partial charge in [0.25, 0.3) is 0 Å². The summed E-state index contributed by atoms with van der Waals surface area (Å²) in [4.78, 5) is 21.8. The fraction of sp³-hybridized carbons (Fsp3) is 0.100. The van der Waals surface area contributed by atoms with E-state index in [0.29, 0.717) is 18.3 Å². The van der Waals surface area contributed by atoms with E-state index in [2.05, 4.69) is 0 Å². The average Bonchev–Trinajstić information content (AvgIpc) is 2.27. The van der Waals surface area contributed by atoms with Crippen LogP contribution in [0.4, 0.5) is 0 Å². The second-order valence-electron chi connectivity index (χ2n) is 2.58. The van der Waals surface area contributed by atoms with Crippen molar-refractivity contribution >= 4 is 18.3 Å². The van der Waals surface area contributed by atoms with Crippen molar-refractivity contribution in [3.05, 3.63) is 29.3 Å². The van der Waals surface area contributed by atoms with Gasteiger partial charge in [0.1, 0.15) is 5.75 Å². The molecule has 4 heteroatoms. The Bertz CT molecular complexity index is 385. The Morgan fingerprint density at radius 2 is 2.21 bits per heavy atom. The van der Waals surface area contributed by atoms with Gasteiger partial charge in [-0.15, -0.1) is 0 Å². The number of carbonyl (C=O) groups is 2. The van der Waals surface area contributed by atoms with E-state index < -0.39 is 5.78 Å². The standard InChI is InChI=1S/C10H9NO3/c1-14-8-3-2-7(6-12)9(4-8)10(13)5-11/h2-6,11H,1H3. The summed E-state index contributed by atoms with van der Waals surface area (Å²) in [5, 5.41) is 6.81. The Hall–Kier alpha value is -1.97. The number of aldehydes is 1. The smallest absolute Gasteiger partial charge is 0.204 e. The lowest BCUT2D eigenvalue weighted by atomic mass is 10.0. The molecule has 0 saturated heterocycles. The molecule has 0 atom stereocenters. The summed E-state index contributed by atoms with van der Waals surface area (Å²) in [6.07, 6.45) is 1.25. The van der Waals surface area contributed by atoms with Crippen molar-refractivity contribution in [1.29, 1.82) is 5.41 Å². The maximum atomic E-state index is 11.2. The number of benzene rings is 1. The predicted octanol–water partition coefficient (Wildman–Crippen LogP) is 1.34. The fourth-order valence-electron chi connectivity index (χ4n) is 1.06. The molecule has 0 aromatic heterocycles. The Kier molecular flexibility index (Phi) is 3.12. The van der Waals surface area contributed by atoms with E-state index in [0.717, 1.165) is 0 Å². The van der Waals surface area contributed by atoms with Gasteiger partial charge in [-0.25, -0.2) is 0 Å². The number of methoxy groups -OCH3 is 1. The minimum atomic E-state index is -0.508. The molecule has 1 N–H and O–H groups in total. The lowest BCUT2D eigenvalue weighted by Crippen LogP contribution is -2.04. The number of nitrogens with one attached hydrogen (secondary N) is 1. The number of hydrogen-bond donors (Lipinski definition) is 1. The zero-order chi connectivity index (χ0) is 10.6. The van der Waals surface area contributed by atoms with Crippen molar-refractivity contribution in [3.8, 4) is 5.75 Å². The Balaban J connectivity index is 3.27. The zero-order valence-electron chi connectivity index (χ0n) is 7.61. The van der Waals surface area contributed by atoms with Gasteiger partial charge in [0, 0.05) is 11.1 Å². The molecule has 1 aromatic rings. The molecule has 0 radical (unpaired) electrons. The lowest BCUT2D eigenvalue weighted by molar-refractivity contribution is 0.105. The normalized spacial score (nSPS) is 9.21. The van der Waals surface area contributed by atoms with E-state index >= 15 is 0 Å². The van der Waals surface area contributed by atoms with Gasteiger partial charge in [0.05, 0.1) is 13.3 Å². The first-order valence-electron chi connectivity index (χ1n) is 3.91. The fourth-order valence-corrected chi connectivity index (χ4v) is 1.06. The van der Waals surface area contributed by atoms with Crippen LogP contribution in [0.5, 0.6) is 5.75 Å². The van der Waals surface area contributed by atoms with Crippen LogP contribution in [-0.4, -0.2) is 25.4 Å². The molecule has 1 rings (SSSR count). The second-order valence-corrected chi connectivity index (χ2v) is 2.58. The lowest BCUT2D eigenvalue weighted by Gasteiger charge is -2.03. The van der Waals surface area contributed by atoms with Crippen molar-refractivity contribution < 1.29 is 14.3 Å². The summed E-state index contributed by atoms with van der Waals surface area (Å²) in [7, 11) is 1.47. The molecule has 0 fully saturated rings. The summed E-state index contributed by atoms with van der Waals surface area (Å²) in [6, 6.07) is 4.52. The van der Waals surface area contributed by atoms with Gasteiger partial charge in [-0.3, -0.25) is 9.59 Å². The molecule has 0 saturated carbocycles. The van der Waals surface area contributed by atoms with Gasteiger partial charge in [-0.2, -0.15) is 0 Å². The predicted molar refractivity (Wildman–Crippen MR) is 51.5 cm³/mol. The molecule has 0 aliphatic heterocycles. The molecule has 0 bridgehead atoms. The summed E-state index contributed by atoms with van der Waals surface area (Å²) in [6.45, 7) is 0. The molecule has 0 spiro atoms. The van der Waals surface area contributed by atoms with E-state index in [4.69, 9.17) is 10.1 Å². The van der Waals surface area contributed by atoms with E-state index in [-0.39, 0.29) is 11.1 Å². The van der Waals surface area contributed by atoms with Crippen LogP contribution in [-0.2, 0) is 0 Å². The highest BCUT2D eigenvalue weighted by atomic mass is 16.5. The average molecular weight is 191 g/mol. The van der Waals surface area contributed by atoms with Crippen LogP contribution in [0.3, 0.4) is 0 Å². The van der Waals surface area contributed by atoms with Gasteiger partial charge >= 0.3 is 0 Å². The summed E-state index contributed by atoms with van der Waals surface area (Å²) in [5.74, 6) is -0.0215. The number of Topliss-reactive ketones (excluding diaryl/α,β-unsaturated/α-hetero) is 1. The van der Waals surface area contributed by atoms with E-state index in [9.17, 15) is 9.59 Å². The first-order chi connectivity index (χ1) is 6.72. The summed E-state index contributed by atoms with van der Waals surface area (Å²) >= 11 is 0. The van der Waals surface area contributed by atoms with Crippen LogP contribution in [0.1, 0.15) is 20.7 Å². The molecule has 0 amide bonds. The molecule has 0 heterocycles. The van der Waals surface area contributed by atoms with Gasteiger partial charge in [0.2, 0.25) is 5.78 Å². The number of ether oxygens (including phenoxy) is 1. The van der Waals surface area contributed by atoms with Crippen LogP contribution in [0.25, 0.3) is 0 Å². The Morgan fingerprint density at radius 1 is 1.50 bits per heavy atom. The van der Waals surface area contributed by atoms with Gasteiger partial charge in [-0.1, -0.05) is 0 Å². The summed E-state index contributed by atoms with van der Waals surface area (Å²) in [5.41, 5.74) is 0.452. The van der Waals surface area contributed by atoms with Crippen molar-refractivity contribution in [1.82, 2.24) is 0 Å². The minimum Gasteiger partial charge on any atom is -0.497 e. The molecule has 1 aromatic carbocycles. The monoisotopic (exact) mass is 191 g/mol. The van der Waals surface area contributed by atoms with Crippen LogP contribution < -0.4 is 4.74 Å². The second kappa shape index (κ2) is 4.32. The maximum absolute atomic E-state index is 11.2. The number of carbonyl (C=O) groups excluding carboxylic acids is 2. The largest absolute Gasteiger partial charge is 0.497 e. The molecular weight excluding hydrogens is 182 g/mol. The highest BCUT2D eigenvalue weighted by molar-refractivity contribution is 6.35. The van der Waals surface area contributed by atoms with Crippen LogP contribution >= 0.6 is 0 Å². The highest BCUT2D eigenvalue weighted by Crippen LogP contribution is 2.16. The van der Waals surface area contributed by atoms with Crippen molar-refractivity contribution in [2.75, 3.05) is 7.11 Å². The number of hydrogen-bond acceptors (Lipinski definition) is 4. The number of rotatable bonds is 4. The molecule has 0 unspecified atom stereocenters. The summed E-state index contributed by atoms with van der Waals surface area (Å²) < 4.78 is 4.91. The van der Waals surface area contributed by atoms with Crippen LogP contribution in [0.2, 0.25) is 0 Å². The third-order valence-corrected chi connectivity index (χ3v) is 1.78. The Morgan fingerprint density at radius 3 is 2.71 bits per heavy atom. The SMILES string of the molecule is COc1ccc(C=O)c(C(=O)C=N)c1. The van der Waals surface area contributed by atoms with E-state index in [1.807, 2.05) is 0 Å². The number of ketones is 1. The van der Waals surface area contributed by atoms with Gasteiger partial charge in [-0.05, 0) is 18.2 Å². The van der Waals surface area contributed by atoms with E-state index in [1.54, 1.807) is 6.07 Å². The third kappa shape index (κ3) is 1.85. The zero-order valence-corrected chi connectivity index (χ0v) is 7.61.